The quantitative estimate of drug-likeness (QED) is 0.115. The minimum Gasteiger partial charge on any atom is -0.365 e. The molecule has 1 unspecified atom stereocenters. The third-order valence-electron chi connectivity index (χ3n) is 12.7. The number of carbonyl (C=O) groups excluding carboxylic acids is 3. The highest BCUT2D eigenvalue weighted by Crippen LogP contribution is 2.36. The van der Waals surface area contributed by atoms with Crippen LogP contribution in [0.25, 0.3) is 16.7 Å². The molecule has 9 rings (SSSR count). The monoisotopic (exact) mass is 889 g/mol. The van der Waals surface area contributed by atoms with Crippen LogP contribution in [0.2, 0.25) is 0 Å². The van der Waals surface area contributed by atoms with Crippen molar-refractivity contribution in [2.75, 3.05) is 56.2 Å². The molecule has 4 aliphatic rings. The van der Waals surface area contributed by atoms with Crippen LogP contribution in [-0.2, 0) is 26.1 Å². The number of imidazole rings is 1. The Labute approximate surface area is 363 Å². The van der Waals surface area contributed by atoms with Crippen LogP contribution < -0.4 is 21.2 Å². The summed E-state index contributed by atoms with van der Waals surface area (Å²) < 4.78 is 72.7. The lowest BCUT2D eigenvalue weighted by atomic mass is 9.85. The van der Waals surface area contributed by atoms with Gasteiger partial charge < -0.3 is 24.6 Å². The second-order valence-electron chi connectivity index (χ2n) is 16.8. The molecule has 0 spiro atoms. The van der Waals surface area contributed by atoms with E-state index in [0.717, 1.165) is 58.2 Å². The highest BCUT2D eigenvalue weighted by Gasteiger charge is 2.38. The van der Waals surface area contributed by atoms with Crippen LogP contribution >= 0.6 is 0 Å². The van der Waals surface area contributed by atoms with Crippen molar-refractivity contribution in [1.29, 1.82) is 0 Å². The van der Waals surface area contributed by atoms with Crippen molar-refractivity contribution in [3.8, 4) is 11.8 Å². The number of amides is 3. The first-order valence-corrected chi connectivity index (χ1v) is 21.5. The number of anilines is 2. The number of ether oxygens (including phenoxy) is 2. The van der Waals surface area contributed by atoms with Crippen LogP contribution in [-0.4, -0.2) is 114 Å². The molecule has 3 saturated heterocycles. The van der Waals surface area contributed by atoms with Gasteiger partial charge in [0.05, 0.1) is 47.2 Å². The van der Waals surface area contributed by atoms with E-state index in [1.165, 1.54) is 47.9 Å². The van der Waals surface area contributed by atoms with Crippen LogP contribution in [0.3, 0.4) is 0 Å². The highest BCUT2D eigenvalue weighted by molar-refractivity contribution is 6.08. The summed E-state index contributed by atoms with van der Waals surface area (Å²) in [6, 6.07) is 6.00. The minimum absolute atomic E-state index is 0.0129. The molecule has 0 radical (unpaired) electrons. The van der Waals surface area contributed by atoms with Crippen LogP contribution in [0.15, 0.2) is 47.7 Å². The SMILES string of the molecule is Cn1c(=O)n(C2CCC(=O)NC2=O)c2cccc(C#CCOC3CCN(CC4CCC(n5cc(NC(=O)c6cnn7ccc(N8CCOC(F)(F)C8)nc67)c(C(F)F)n5)CC4)CC3)c21. The predicted octanol–water partition coefficient (Wildman–Crippen LogP) is 4.44. The summed E-state index contributed by atoms with van der Waals surface area (Å²) in [7, 11) is 1.64. The molecule has 1 atom stereocenters. The smallest absolute Gasteiger partial charge is 0.365 e. The number of carbonyl (C=O) groups is 3. The van der Waals surface area contributed by atoms with Gasteiger partial charge in [-0.05, 0) is 69.1 Å². The van der Waals surface area contributed by atoms with E-state index in [2.05, 4.69) is 47.3 Å². The summed E-state index contributed by atoms with van der Waals surface area (Å²) in [4.78, 5) is 59.1. The molecule has 1 aliphatic carbocycles. The fourth-order valence-corrected chi connectivity index (χ4v) is 9.36. The molecule has 0 bridgehead atoms. The van der Waals surface area contributed by atoms with Crippen molar-refractivity contribution >= 4 is 45.9 Å². The molecule has 338 valence electrons. The molecular formula is C43H47F4N11O6. The molecule has 3 amide bonds. The van der Waals surface area contributed by atoms with Crippen LogP contribution in [0.4, 0.5) is 29.1 Å². The fourth-order valence-electron chi connectivity index (χ4n) is 9.36. The number of hydrogen-bond donors (Lipinski definition) is 2. The van der Waals surface area contributed by atoms with E-state index in [1.54, 1.807) is 19.2 Å². The van der Waals surface area contributed by atoms with E-state index in [-0.39, 0.29) is 79.1 Å². The van der Waals surface area contributed by atoms with Gasteiger partial charge in [0.2, 0.25) is 11.8 Å². The van der Waals surface area contributed by atoms with Gasteiger partial charge in [-0.3, -0.25) is 33.5 Å². The lowest BCUT2D eigenvalue weighted by Crippen LogP contribution is -2.47. The number of likely N-dealkylation sites (tertiary alicyclic amines) is 1. The third kappa shape index (κ3) is 8.86. The first-order chi connectivity index (χ1) is 30.8. The number of nitrogens with zero attached hydrogens (tertiary/aromatic N) is 9. The average Bonchev–Trinajstić information content (AvgIpc) is 3.97. The number of nitrogens with one attached hydrogen (secondary N) is 2. The molecule has 3 aliphatic heterocycles. The number of hydrogen-bond acceptors (Lipinski definition) is 11. The van der Waals surface area contributed by atoms with E-state index >= 15 is 0 Å². The number of fused-ring (bicyclic) bond motifs is 2. The molecule has 21 heteroatoms. The van der Waals surface area contributed by atoms with Gasteiger partial charge in [0.25, 0.3) is 12.3 Å². The number of piperidine rings is 2. The maximum atomic E-state index is 14.3. The Morgan fingerprint density at radius 1 is 1.06 bits per heavy atom. The predicted molar refractivity (Wildman–Crippen MR) is 223 cm³/mol. The number of morpholine rings is 1. The fraction of sp³-hybridized carbons (Fsp3) is 0.512. The van der Waals surface area contributed by atoms with E-state index in [1.807, 2.05) is 6.07 Å². The zero-order valence-electron chi connectivity index (χ0n) is 35.0. The lowest BCUT2D eigenvalue weighted by molar-refractivity contribution is -0.240. The largest absolute Gasteiger partial charge is 0.373 e. The molecule has 2 N–H and O–H groups in total. The molecule has 1 aromatic carbocycles. The maximum Gasteiger partial charge on any atom is 0.373 e. The number of rotatable bonds is 10. The molecule has 1 saturated carbocycles. The Morgan fingerprint density at radius 2 is 1.86 bits per heavy atom. The third-order valence-corrected chi connectivity index (χ3v) is 12.7. The number of aromatic nitrogens is 7. The van der Waals surface area contributed by atoms with E-state index < -0.39 is 42.6 Å². The Hall–Kier alpha value is -6.11. The summed E-state index contributed by atoms with van der Waals surface area (Å²) in [6.45, 7) is 2.15. The first-order valence-electron chi connectivity index (χ1n) is 21.5. The zero-order chi connectivity index (χ0) is 44.7. The number of aryl methyl sites for hydroxylation is 1. The average molecular weight is 890 g/mol. The van der Waals surface area contributed by atoms with Crippen LogP contribution in [0, 0.1) is 17.8 Å². The van der Waals surface area contributed by atoms with Crippen LogP contribution in [0.5, 0.6) is 0 Å². The van der Waals surface area contributed by atoms with Crippen molar-refractivity contribution in [3.05, 3.63) is 70.2 Å². The Morgan fingerprint density at radius 3 is 2.61 bits per heavy atom. The number of benzene rings is 1. The highest BCUT2D eigenvalue weighted by atomic mass is 19.3. The Bertz CT molecular complexity index is 2700. The zero-order valence-corrected chi connectivity index (χ0v) is 35.0. The number of halogens is 4. The number of imide groups is 1. The Kier molecular flexibility index (Phi) is 12.0. The van der Waals surface area contributed by atoms with Gasteiger partial charge >= 0.3 is 11.8 Å². The molecular weight excluding hydrogens is 843 g/mol. The molecule has 7 heterocycles. The van der Waals surface area contributed by atoms with Crippen LogP contribution in [0.1, 0.15) is 91.5 Å². The van der Waals surface area contributed by atoms with Crippen molar-refractivity contribution in [2.24, 2.45) is 13.0 Å². The standard InChI is InChI=1S/C43H47F4N11O6/c1-53-37-27(4-2-6-32(37)58(42(53)62)33-11-12-35(59)51-41(33)61)5-3-20-63-29-13-16-54(17-14-29)23-26-7-9-28(10-8-26)57-24-31(36(52-57)38(44)45)49-40(60)30-22-48-56-18-15-34(50-39(30)56)55-19-21-64-43(46,47)25-55/h2,4,6,15,18,22,24,26,28-29,33,38H,7-14,16-17,19-21,23,25H2,1H3,(H,49,60)(H,51,59,61). The topological polar surface area (TPSA) is 175 Å². The summed E-state index contributed by atoms with van der Waals surface area (Å²) in [5.74, 6) is 5.31. The van der Waals surface area contributed by atoms with E-state index in [0.29, 0.717) is 22.5 Å². The van der Waals surface area contributed by atoms with Gasteiger partial charge in [0, 0.05) is 52.0 Å². The van der Waals surface area contributed by atoms with Crippen molar-refractivity contribution < 1.29 is 41.4 Å². The van der Waals surface area contributed by atoms with E-state index in [4.69, 9.17) is 4.74 Å². The molecule has 64 heavy (non-hydrogen) atoms. The van der Waals surface area contributed by atoms with Gasteiger partial charge in [-0.1, -0.05) is 17.9 Å². The van der Waals surface area contributed by atoms with E-state index in [9.17, 15) is 36.7 Å². The second-order valence-corrected chi connectivity index (χ2v) is 16.8. The summed E-state index contributed by atoms with van der Waals surface area (Å²) >= 11 is 0. The van der Waals surface area contributed by atoms with Crippen molar-refractivity contribution in [3.63, 3.8) is 0 Å². The van der Waals surface area contributed by atoms with Gasteiger partial charge in [-0.2, -0.15) is 19.0 Å². The number of para-hydroxylation sites is 1. The van der Waals surface area contributed by atoms with Gasteiger partial charge in [0.1, 0.15) is 30.6 Å². The number of alkyl halides is 4. The second kappa shape index (κ2) is 17.8. The van der Waals surface area contributed by atoms with Gasteiger partial charge in [-0.25, -0.2) is 23.1 Å². The first kappa shape index (κ1) is 43.2. The lowest BCUT2D eigenvalue weighted by Gasteiger charge is -2.36. The van der Waals surface area contributed by atoms with Gasteiger partial charge in [0.15, 0.2) is 11.3 Å². The normalized spacial score (nSPS) is 22.2. The van der Waals surface area contributed by atoms with Crippen molar-refractivity contribution in [1.82, 2.24) is 43.7 Å². The maximum absolute atomic E-state index is 14.3. The minimum atomic E-state index is -3.35. The summed E-state index contributed by atoms with van der Waals surface area (Å²) in [6.07, 6.45) is 3.33. The summed E-state index contributed by atoms with van der Waals surface area (Å²) in [5.41, 5.74) is 0.891. The molecule has 17 nitrogen and oxygen atoms in total. The molecule has 5 aromatic rings. The summed E-state index contributed by atoms with van der Waals surface area (Å²) in [5, 5.41) is 13.2. The molecule has 4 aromatic heterocycles. The van der Waals surface area contributed by atoms with Crippen molar-refractivity contribution in [2.45, 2.75) is 82.1 Å². The Balaban J connectivity index is 0.751. The van der Waals surface area contributed by atoms with Gasteiger partial charge in [-0.15, -0.1) is 0 Å². The molecule has 4 fully saturated rings.